The van der Waals surface area contributed by atoms with Crippen molar-refractivity contribution < 1.29 is 23.8 Å². The molecule has 0 heterocycles. The summed E-state index contributed by atoms with van der Waals surface area (Å²) >= 11 is 0. The largest absolute Gasteiger partial charge is 0.497 e. The molecule has 4 rings (SSSR count). The number of fused-ring (bicyclic) bond motifs is 1. The minimum Gasteiger partial charge on any atom is -0.497 e. The van der Waals surface area contributed by atoms with Crippen molar-refractivity contribution in [3.05, 3.63) is 82.7 Å². The number of halogens is 1. The van der Waals surface area contributed by atoms with Gasteiger partial charge in [0.1, 0.15) is 23.9 Å². The first kappa shape index (κ1) is 23.8. The third kappa shape index (κ3) is 5.09. The van der Waals surface area contributed by atoms with Crippen LogP contribution in [0.2, 0.25) is 0 Å². The van der Waals surface area contributed by atoms with Gasteiger partial charge in [0.15, 0.2) is 0 Å². The van der Waals surface area contributed by atoms with E-state index >= 15 is 0 Å². The van der Waals surface area contributed by atoms with Crippen molar-refractivity contribution in [3.8, 4) is 22.6 Å². The fraction of sp³-hybridized carbons (Fsp3) is 0.345. The highest BCUT2D eigenvalue weighted by Gasteiger charge is 2.25. The van der Waals surface area contributed by atoms with Gasteiger partial charge in [-0.05, 0) is 82.3 Å². The highest BCUT2D eigenvalue weighted by Crippen LogP contribution is 2.39. The first-order valence-corrected chi connectivity index (χ1v) is 11.6. The number of carbonyl (C=O) groups is 1. The van der Waals surface area contributed by atoms with Gasteiger partial charge in [-0.3, -0.25) is 4.79 Å². The molecule has 3 aromatic carbocycles. The molecule has 0 fully saturated rings. The Morgan fingerprint density at radius 1 is 1.03 bits per heavy atom. The van der Waals surface area contributed by atoms with Crippen LogP contribution in [0.25, 0.3) is 11.1 Å². The molecule has 0 bridgehead atoms. The van der Waals surface area contributed by atoms with E-state index in [1.807, 2.05) is 30.3 Å². The van der Waals surface area contributed by atoms with E-state index in [1.165, 1.54) is 11.6 Å². The third-order valence-electron chi connectivity index (χ3n) is 6.50. The van der Waals surface area contributed by atoms with Gasteiger partial charge in [-0.1, -0.05) is 45.0 Å². The maximum absolute atomic E-state index is 14.7. The highest BCUT2D eigenvalue weighted by molar-refractivity contribution is 5.71. The molecule has 0 saturated carbocycles. The van der Waals surface area contributed by atoms with E-state index in [-0.39, 0.29) is 23.6 Å². The normalized spacial score (nSPS) is 15.1. The summed E-state index contributed by atoms with van der Waals surface area (Å²) in [4.78, 5) is 11.2. The fourth-order valence-corrected chi connectivity index (χ4v) is 4.72. The van der Waals surface area contributed by atoms with Crippen LogP contribution in [-0.4, -0.2) is 18.2 Å². The summed E-state index contributed by atoms with van der Waals surface area (Å²) in [5.74, 6) is 0.328. The van der Waals surface area contributed by atoms with Crippen molar-refractivity contribution in [2.24, 2.45) is 0 Å². The lowest BCUT2D eigenvalue weighted by Gasteiger charge is -2.24. The molecule has 34 heavy (non-hydrogen) atoms. The van der Waals surface area contributed by atoms with Gasteiger partial charge in [-0.2, -0.15) is 0 Å². The molecule has 1 aliphatic carbocycles. The quantitative estimate of drug-likeness (QED) is 0.416. The molecular weight excluding hydrogens is 431 g/mol. The average molecular weight is 463 g/mol. The van der Waals surface area contributed by atoms with Gasteiger partial charge in [-0.15, -0.1) is 0 Å². The highest BCUT2D eigenvalue weighted by atomic mass is 19.1. The van der Waals surface area contributed by atoms with Gasteiger partial charge in [0.25, 0.3) is 0 Å². The summed E-state index contributed by atoms with van der Waals surface area (Å²) < 4.78 is 26.1. The average Bonchev–Trinajstić information content (AvgIpc) is 3.19. The van der Waals surface area contributed by atoms with Gasteiger partial charge in [0.05, 0.1) is 13.5 Å². The summed E-state index contributed by atoms with van der Waals surface area (Å²) in [6.45, 7) is 6.69. The molecule has 1 N–H and O–H groups in total. The number of ether oxygens (including phenoxy) is 2. The predicted molar refractivity (Wildman–Crippen MR) is 131 cm³/mol. The van der Waals surface area contributed by atoms with Crippen molar-refractivity contribution in [2.45, 2.75) is 58.0 Å². The zero-order chi connectivity index (χ0) is 24.5. The lowest BCUT2D eigenvalue weighted by Crippen LogP contribution is -2.14. The van der Waals surface area contributed by atoms with Crippen molar-refractivity contribution in [1.29, 1.82) is 0 Å². The van der Waals surface area contributed by atoms with Gasteiger partial charge in [-0.25, -0.2) is 4.39 Å². The Morgan fingerprint density at radius 3 is 2.50 bits per heavy atom. The van der Waals surface area contributed by atoms with Crippen LogP contribution in [0.15, 0.2) is 54.6 Å². The minimum absolute atomic E-state index is 0.0422. The number of hydrogen-bond acceptors (Lipinski definition) is 3. The smallest absolute Gasteiger partial charge is 0.303 e. The fourth-order valence-electron chi connectivity index (χ4n) is 4.72. The lowest BCUT2D eigenvalue weighted by atomic mass is 9.81. The maximum atomic E-state index is 14.7. The third-order valence-corrected chi connectivity index (χ3v) is 6.50. The van der Waals surface area contributed by atoms with E-state index in [1.54, 1.807) is 19.2 Å². The number of carboxylic acid groups (broad SMARTS) is 1. The second-order valence-corrected chi connectivity index (χ2v) is 9.96. The number of benzene rings is 3. The van der Waals surface area contributed by atoms with Crippen LogP contribution in [-0.2, 0) is 23.2 Å². The molecule has 0 unspecified atom stereocenters. The van der Waals surface area contributed by atoms with Crippen LogP contribution in [0.3, 0.4) is 0 Å². The van der Waals surface area contributed by atoms with Crippen LogP contribution in [0.1, 0.15) is 61.8 Å². The second-order valence-electron chi connectivity index (χ2n) is 9.96. The second kappa shape index (κ2) is 9.49. The predicted octanol–water partition coefficient (Wildman–Crippen LogP) is 6.88. The molecule has 0 radical (unpaired) electrons. The maximum Gasteiger partial charge on any atom is 0.303 e. The molecule has 0 aromatic heterocycles. The van der Waals surface area contributed by atoms with Gasteiger partial charge in [0.2, 0.25) is 0 Å². The van der Waals surface area contributed by atoms with Crippen LogP contribution < -0.4 is 9.47 Å². The van der Waals surface area contributed by atoms with Gasteiger partial charge < -0.3 is 14.6 Å². The Bertz CT molecular complexity index is 1210. The standard InChI is InChI=1S/C29H31FO4/c1-29(2,3)26-13-18(5-11-23(26)25-15-21(33-4)10-12-27(25)30)17-34-22-9-8-19-6-7-20(14-28(31)32)24(19)16-22/h5,8-13,15-16,20H,6-7,14,17H2,1-4H3,(H,31,32)/t20-/m0/s1. The van der Waals surface area contributed by atoms with E-state index in [0.717, 1.165) is 40.8 Å². The molecule has 3 aromatic rings. The minimum atomic E-state index is -0.772. The Hall–Kier alpha value is -3.34. The van der Waals surface area contributed by atoms with Crippen LogP contribution in [0.4, 0.5) is 4.39 Å². The zero-order valence-electron chi connectivity index (χ0n) is 20.2. The Balaban J connectivity index is 1.59. The number of methoxy groups -OCH3 is 1. The number of hydrogen-bond donors (Lipinski definition) is 1. The Kier molecular flexibility index (Phi) is 6.65. The lowest BCUT2D eigenvalue weighted by molar-refractivity contribution is -0.137. The van der Waals surface area contributed by atoms with E-state index in [9.17, 15) is 14.3 Å². The molecule has 0 spiro atoms. The monoisotopic (exact) mass is 462 g/mol. The number of aryl methyl sites for hydroxylation is 1. The first-order chi connectivity index (χ1) is 16.2. The van der Waals surface area contributed by atoms with Crippen molar-refractivity contribution in [2.75, 3.05) is 7.11 Å². The van der Waals surface area contributed by atoms with Gasteiger partial charge in [0, 0.05) is 5.56 Å². The molecular formula is C29H31FO4. The number of carboxylic acids is 1. The molecule has 4 nitrogen and oxygen atoms in total. The zero-order valence-corrected chi connectivity index (χ0v) is 20.2. The molecule has 0 saturated heterocycles. The molecule has 5 heteroatoms. The Morgan fingerprint density at radius 2 is 1.79 bits per heavy atom. The summed E-state index contributed by atoms with van der Waals surface area (Å²) in [5, 5.41) is 9.20. The number of aliphatic carboxylic acids is 1. The summed E-state index contributed by atoms with van der Waals surface area (Å²) in [6, 6.07) is 16.8. The molecule has 178 valence electrons. The van der Waals surface area contributed by atoms with E-state index in [0.29, 0.717) is 17.9 Å². The van der Waals surface area contributed by atoms with Crippen LogP contribution in [0, 0.1) is 5.82 Å². The number of rotatable bonds is 7. The first-order valence-electron chi connectivity index (χ1n) is 11.6. The van der Waals surface area contributed by atoms with Crippen molar-refractivity contribution >= 4 is 5.97 Å². The summed E-state index contributed by atoms with van der Waals surface area (Å²) in [7, 11) is 1.57. The van der Waals surface area contributed by atoms with Gasteiger partial charge >= 0.3 is 5.97 Å². The topological polar surface area (TPSA) is 55.8 Å². The SMILES string of the molecule is COc1ccc(F)c(-c2ccc(COc3ccc4c(c3)[C@H](CC(=O)O)CC4)cc2C(C)(C)C)c1. The molecule has 1 atom stereocenters. The molecule has 0 amide bonds. The van der Waals surface area contributed by atoms with E-state index < -0.39 is 5.97 Å². The molecule has 0 aliphatic heterocycles. The summed E-state index contributed by atoms with van der Waals surface area (Å²) in [5.41, 5.74) is 5.44. The molecule has 1 aliphatic rings. The van der Waals surface area contributed by atoms with E-state index in [2.05, 4.69) is 26.8 Å². The van der Waals surface area contributed by atoms with Crippen molar-refractivity contribution in [3.63, 3.8) is 0 Å². The Labute approximate surface area is 200 Å². The summed E-state index contributed by atoms with van der Waals surface area (Å²) in [6.07, 6.45) is 1.92. The van der Waals surface area contributed by atoms with Crippen molar-refractivity contribution in [1.82, 2.24) is 0 Å². The van der Waals surface area contributed by atoms with Crippen LogP contribution >= 0.6 is 0 Å². The van der Waals surface area contributed by atoms with Crippen LogP contribution in [0.5, 0.6) is 11.5 Å². The van der Waals surface area contributed by atoms with E-state index in [4.69, 9.17) is 9.47 Å².